The molecule has 0 N–H and O–H groups in total. The van der Waals surface area contributed by atoms with Crippen molar-refractivity contribution in [1.29, 1.82) is 0 Å². The first kappa shape index (κ1) is 23.0. The van der Waals surface area contributed by atoms with Crippen LogP contribution in [0.1, 0.15) is 75.7 Å². The van der Waals surface area contributed by atoms with Gasteiger partial charge in [-0.1, -0.05) is 59.6 Å². The summed E-state index contributed by atoms with van der Waals surface area (Å²) in [5.41, 5.74) is 2.97. The van der Waals surface area contributed by atoms with Gasteiger partial charge in [0.05, 0.1) is 0 Å². The van der Waals surface area contributed by atoms with E-state index in [1.165, 1.54) is 17.6 Å². The highest BCUT2D eigenvalue weighted by molar-refractivity contribution is 5.05. The molecule has 0 rings (SSSR count). The van der Waals surface area contributed by atoms with Crippen molar-refractivity contribution in [2.75, 3.05) is 0 Å². The van der Waals surface area contributed by atoms with Gasteiger partial charge in [0.15, 0.2) is 0 Å². The zero-order valence-electron chi connectivity index (χ0n) is 11.7. The van der Waals surface area contributed by atoms with Crippen molar-refractivity contribution >= 4 is 0 Å². The predicted molar refractivity (Wildman–Crippen MR) is 68.4 cm³/mol. The topological polar surface area (TPSA) is 0 Å². The van der Waals surface area contributed by atoms with Gasteiger partial charge in [-0.25, -0.2) is 0 Å². The molecule has 0 radical (unpaired) electrons. The molecule has 84 valence electrons. The largest absolute Gasteiger partial charge is 0.0775 e. The van der Waals surface area contributed by atoms with Crippen LogP contribution in [0.2, 0.25) is 0 Å². The first-order chi connectivity index (χ1) is 6.18. The van der Waals surface area contributed by atoms with Crippen molar-refractivity contribution in [2.24, 2.45) is 0 Å². The molecule has 0 heterocycles. The van der Waals surface area contributed by atoms with Gasteiger partial charge in [-0.05, 0) is 27.2 Å². The van der Waals surface area contributed by atoms with E-state index in [2.05, 4.69) is 27.7 Å². The molecule has 13 heavy (non-hydrogen) atoms. The molecule has 0 spiro atoms. The van der Waals surface area contributed by atoms with Crippen LogP contribution in [0.3, 0.4) is 0 Å². The van der Waals surface area contributed by atoms with E-state index in [9.17, 15) is 0 Å². The third-order valence-corrected chi connectivity index (χ3v) is 1.38. The second-order valence-corrected chi connectivity index (χ2v) is 2.13. The molecule has 0 aromatic heterocycles. The fourth-order valence-electron chi connectivity index (χ4n) is 0.354. The van der Waals surface area contributed by atoms with Crippen LogP contribution in [0, 0.1) is 0 Å². The average molecular weight is 188 g/mol. The summed E-state index contributed by atoms with van der Waals surface area (Å²) in [6.07, 6.45) is 1.20. The molecule has 0 heteroatoms. The molecular formula is C13H32. The molecule has 0 nitrogen and oxygen atoms in total. The van der Waals surface area contributed by atoms with Crippen LogP contribution in [-0.2, 0) is 0 Å². The Kier molecular flexibility index (Phi) is 52.7. The minimum absolute atomic E-state index is 1.20. The van der Waals surface area contributed by atoms with Crippen LogP contribution in [0.15, 0.2) is 11.1 Å². The standard InChI is InChI=1S/C7H14.3C2H6/c1-5-7(4)6(2)3;3*1-2/h5H2,1-4H3;3*1-2H3. The Balaban J connectivity index is -0.0000000573. The highest BCUT2D eigenvalue weighted by Gasteiger charge is 1.82. The Morgan fingerprint density at radius 1 is 0.692 bits per heavy atom. The van der Waals surface area contributed by atoms with Gasteiger partial charge >= 0.3 is 0 Å². The third-order valence-electron chi connectivity index (χ3n) is 1.38. The highest BCUT2D eigenvalue weighted by Crippen LogP contribution is 2.04. The SMILES string of the molecule is CC.CC.CC.CCC(C)=C(C)C. The molecule has 0 saturated carbocycles. The fraction of sp³-hybridized carbons (Fsp3) is 0.846. The summed E-state index contributed by atoms with van der Waals surface area (Å²) in [6, 6.07) is 0. The zero-order valence-corrected chi connectivity index (χ0v) is 11.7. The summed E-state index contributed by atoms with van der Waals surface area (Å²) in [5, 5.41) is 0. The molecule has 0 aliphatic carbocycles. The number of rotatable bonds is 1. The van der Waals surface area contributed by atoms with Crippen LogP contribution in [-0.4, -0.2) is 0 Å². The Labute approximate surface area is 87.4 Å². The van der Waals surface area contributed by atoms with Crippen LogP contribution in [0.5, 0.6) is 0 Å². The molecule has 0 unspecified atom stereocenters. The van der Waals surface area contributed by atoms with E-state index in [1.807, 2.05) is 41.5 Å². The lowest BCUT2D eigenvalue weighted by Gasteiger charge is -1.94. The second kappa shape index (κ2) is 29.8. The zero-order chi connectivity index (χ0) is 11.9. The highest BCUT2D eigenvalue weighted by atomic mass is 13.9. The van der Waals surface area contributed by atoms with Crippen LogP contribution >= 0.6 is 0 Å². The van der Waals surface area contributed by atoms with Gasteiger partial charge in [0, 0.05) is 0 Å². The van der Waals surface area contributed by atoms with Gasteiger partial charge in [0.2, 0.25) is 0 Å². The van der Waals surface area contributed by atoms with E-state index in [0.29, 0.717) is 0 Å². The minimum Gasteiger partial charge on any atom is -0.0775 e. The Hall–Kier alpha value is -0.260. The first-order valence-corrected chi connectivity index (χ1v) is 5.81. The molecule has 0 aromatic carbocycles. The lowest BCUT2D eigenvalue weighted by atomic mass is 10.1. The van der Waals surface area contributed by atoms with Gasteiger partial charge in [-0.3, -0.25) is 0 Å². The van der Waals surface area contributed by atoms with Crippen LogP contribution < -0.4 is 0 Å². The van der Waals surface area contributed by atoms with Crippen molar-refractivity contribution in [3.63, 3.8) is 0 Å². The third kappa shape index (κ3) is 33.8. The van der Waals surface area contributed by atoms with E-state index in [4.69, 9.17) is 0 Å². The van der Waals surface area contributed by atoms with Crippen molar-refractivity contribution in [1.82, 2.24) is 0 Å². The summed E-state index contributed by atoms with van der Waals surface area (Å²) in [4.78, 5) is 0. The smallest absolute Gasteiger partial charge is 0.0349 e. The van der Waals surface area contributed by atoms with Crippen LogP contribution in [0.4, 0.5) is 0 Å². The van der Waals surface area contributed by atoms with Gasteiger partial charge in [0.1, 0.15) is 0 Å². The monoisotopic (exact) mass is 188 g/mol. The van der Waals surface area contributed by atoms with E-state index in [1.54, 1.807) is 0 Å². The molecule has 0 bridgehead atoms. The summed E-state index contributed by atoms with van der Waals surface area (Å²) < 4.78 is 0. The van der Waals surface area contributed by atoms with Crippen molar-refractivity contribution in [3.05, 3.63) is 11.1 Å². The number of hydrogen-bond donors (Lipinski definition) is 0. The Morgan fingerprint density at radius 2 is 0.923 bits per heavy atom. The van der Waals surface area contributed by atoms with Crippen molar-refractivity contribution in [2.45, 2.75) is 75.7 Å². The quantitative estimate of drug-likeness (QED) is 0.454. The normalized spacial score (nSPS) is 6.00. The Morgan fingerprint density at radius 3 is 0.923 bits per heavy atom. The molecule has 0 amide bonds. The molecule has 0 aliphatic heterocycles. The summed E-state index contributed by atoms with van der Waals surface area (Å²) in [7, 11) is 0. The molecular weight excluding hydrogens is 156 g/mol. The first-order valence-electron chi connectivity index (χ1n) is 5.81. The maximum atomic E-state index is 2.18. The summed E-state index contributed by atoms with van der Waals surface area (Å²) >= 11 is 0. The fourth-order valence-corrected chi connectivity index (χ4v) is 0.354. The van der Waals surface area contributed by atoms with Crippen LogP contribution in [0.25, 0.3) is 0 Å². The maximum Gasteiger partial charge on any atom is -0.0349 e. The second-order valence-electron chi connectivity index (χ2n) is 2.13. The molecule has 0 saturated heterocycles. The molecule has 0 atom stereocenters. The predicted octanol–water partition coefficient (Wildman–Crippen LogP) is 5.83. The van der Waals surface area contributed by atoms with Gasteiger partial charge in [0.25, 0.3) is 0 Å². The molecule has 0 fully saturated rings. The van der Waals surface area contributed by atoms with Gasteiger partial charge in [-0.15, -0.1) is 0 Å². The maximum absolute atomic E-state index is 2.18. The average Bonchev–Trinajstić information content (AvgIpc) is 2.25. The summed E-state index contributed by atoms with van der Waals surface area (Å²) in [5.74, 6) is 0. The lowest BCUT2D eigenvalue weighted by molar-refractivity contribution is 1.05. The summed E-state index contributed by atoms with van der Waals surface area (Å²) in [6.45, 7) is 20.7. The molecule has 0 aromatic rings. The van der Waals surface area contributed by atoms with Gasteiger partial charge in [-0.2, -0.15) is 0 Å². The van der Waals surface area contributed by atoms with Gasteiger partial charge < -0.3 is 0 Å². The van der Waals surface area contributed by atoms with E-state index in [-0.39, 0.29) is 0 Å². The van der Waals surface area contributed by atoms with Crippen molar-refractivity contribution < 1.29 is 0 Å². The van der Waals surface area contributed by atoms with E-state index >= 15 is 0 Å². The Bertz CT molecular complexity index is 74.0. The molecule has 0 aliphatic rings. The minimum atomic E-state index is 1.20. The number of hydrogen-bond acceptors (Lipinski definition) is 0. The number of allylic oxidation sites excluding steroid dienone is 2. The van der Waals surface area contributed by atoms with E-state index < -0.39 is 0 Å². The van der Waals surface area contributed by atoms with Crippen molar-refractivity contribution in [3.8, 4) is 0 Å². The lowest BCUT2D eigenvalue weighted by Crippen LogP contribution is -1.73. The van der Waals surface area contributed by atoms with E-state index in [0.717, 1.165) is 0 Å².